The van der Waals surface area contributed by atoms with E-state index in [9.17, 15) is 18.0 Å². The van der Waals surface area contributed by atoms with Gasteiger partial charge < -0.3 is 14.8 Å². The fourth-order valence-electron chi connectivity index (χ4n) is 3.74. The fourth-order valence-corrected chi connectivity index (χ4v) is 5.29. The lowest BCUT2D eigenvalue weighted by Gasteiger charge is -2.21. The zero-order chi connectivity index (χ0) is 24.0. The summed E-state index contributed by atoms with van der Waals surface area (Å²) in [4.78, 5) is 25.3. The Bertz CT molecular complexity index is 1120. The molecule has 178 valence electrons. The third-order valence-corrected chi connectivity index (χ3v) is 7.51. The first-order valence-corrected chi connectivity index (χ1v) is 12.5. The van der Waals surface area contributed by atoms with Gasteiger partial charge in [-0.25, -0.2) is 13.2 Å². The van der Waals surface area contributed by atoms with Gasteiger partial charge in [-0.1, -0.05) is 18.9 Å². The number of benzene rings is 2. The molecule has 0 spiro atoms. The van der Waals surface area contributed by atoms with Crippen molar-refractivity contribution < 1.29 is 27.5 Å². The molecule has 33 heavy (non-hydrogen) atoms. The van der Waals surface area contributed by atoms with Crippen LogP contribution in [-0.2, 0) is 14.8 Å². The number of nitrogens with one attached hydrogen (secondary N) is 1. The van der Waals surface area contributed by atoms with Crippen LogP contribution >= 0.6 is 0 Å². The number of esters is 1. The summed E-state index contributed by atoms with van der Waals surface area (Å²) in [7, 11) is -2.32. The molecule has 1 fully saturated rings. The number of ether oxygens (including phenoxy) is 2. The Balaban J connectivity index is 1.92. The standard InChI is InChI=1S/C24H30N2O6S/c1-4-32-24(28)18-10-9-17(2)21(15-18)25-23(27)20-16-19(11-12-22(20)31-3)33(29,30)26-13-7-5-6-8-14-26/h9-12,15-16H,4-8,13-14H2,1-3H3,(H,25,27). The Morgan fingerprint density at radius 2 is 1.73 bits per heavy atom. The molecule has 1 N–H and O–H groups in total. The molecule has 0 aliphatic carbocycles. The number of methoxy groups -OCH3 is 1. The minimum atomic E-state index is -3.74. The fraction of sp³-hybridized carbons (Fsp3) is 0.417. The Morgan fingerprint density at radius 1 is 1.03 bits per heavy atom. The minimum Gasteiger partial charge on any atom is -0.496 e. The second-order valence-electron chi connectivity index (χ2n) is 7.88. The zero-order valence-corrected chi connectivity index (χ0v) is 20.0. The van der Waals surface area contributed by atoms with Crippen LogP contribution in [-0.4, -0.2) is 51.4 Å². The molecule has 1 amide bonds. The molecule has 8 nitrogen and oxygen atoms in total. The first-order valence-electron chi connectivity index (χ1n) is 11.0. The smallest absolute Gasteiger partial charge is 0.338 e. The monoisotopic (exact) mass is 474 g/mol. The van der Waals surface area contributed by atoms with Crippen LogP contribution in [0.2, 0.25) is 0 Å². The molecule has 2 aromatic carbocycles. The van der Waals surface area contributed by atoms with E-state index in [0.29, 0.717) is 24.3 Å². The molecule has 2 aromatic rings. The molecule has 1 aliphatic heterocycles. The van der Waals surface area contributed by atoms with Crippen molar-refractivity contribution in [1.82, 2.24) is 4.31 Å². The Morgan fingerprint density at radius 3 is 2.36 bits per heavy atom. The number of sulfonamides is 1. The van der Waals surface area contributed by atoms with Crippen molar-refractivity contribution in [3.8, 4) is 5.75 Å². The van der Waals surface area contributed by atoms with Crippen LogP contribution in [0.15, 0.2) is 41.3 Å². The molecule has 0 unspecified atom stereocenters. The number of hydrogen-bond acceptors (Lipinski definition) is 6. The van der Waals surface area contributed by atoms with Crippen LogP contribution in [0.25, 0.3) is 0 Å². The summed E-state index contributed by atoms with van der Waals surface area (Å²) < 4.78 is 38.2. The summed E-state index contributed by atoms with van der Waals surface area (Å²) in [5, 5.41) is 2.77. The SMILES string of the molecule is CCOC(=O)c1ccc(C)c(NC(=O)c2cc(S(=O)(=O)N3CCCCCC3)ccc2OC)c1. The molecular weight excluding hydrogens is 444 g/mol. The van der Waals surface area contributed by atoms with Crippen molar-refractivity contribution in [2.24, 2.45) is 0 Å². The highest BCUT2D eigenvalue weighted by Crippen LogP contribution is 2.28. The van der Waals surface area contributed by atoms with Crippen LogP contribution in [0.4, 0.5) is 5.69 Å². The molecule has 0 radical (unpaired) electrons. The van der Waals surface area contributed by atoms with Gasteiger partial charge in [0, 0.05) is 18.8 Å². The number of rotatable bonds is 7. The van der Waals surface area contributed by atoms with Gasteiger partial charge in [-0.2, -0.15) is 4.31 Å². The van der Waals surface area contributed by atoms with Gasteiger partial charge in [0.25, 0.3) is 5.91 Å². The summed E-state index contributed by atoms with van der Waals surface area (Å²) in [5.74, 6) is -0.776. The van der Waals surface area contributed by atoms with E-state index in [0.717, 1.165) is 31.2 Å². The van der Waals surface area contributed by atoms with Crippen molar-refractivity contribution in [1.29, 1.82) is 0 Å². The van der Waals surface area contributed by atoms with Gasteiger partial charge in [-0.3, -0.25) is 4.79 Å². The van der Waals surface area contributed by atoms with Crippen molar-refractivity contribution in [2.45, 2.75) is 44.4 Å². The second-order valence-corrected chi connectivity index (χ2v) is 9.82. The van der Waals surface area contributed by atoms with Crippen LogP contribution in [0.5, 0.6) is 5.75 Å². The van der Waals surface area contributed by atoms with Gasteiger partial charge in [0.1, 0.15) is 5.75 Å². The Labute approximate surface area is 194 Å². The van der Waals surface area contributed by atoms with Crippen LogP contribution < -0.4 is 10.1 Å². The maximum Gasteiger partial charge on any atom is 0.338 e. The number of carbonyl (C=O) groups is 2. The largest absolute Gasteiger partial charge is 0.496 e. The molecule has 0 bridgehead atoms. The van der Waals surface area contributed by atoms with Crippen LogP contribution in [0.1, 0.15) is 58.9 Å². The van der Waals surface area contributed by atoms with E-state index >= 15 is 0 Å². The Hall–Kier alpha value is -2.91. The van der Waals surface area contributed by atoms with E-state index in [1.165, 1.54) is 35.7 Å². The van der Waals surface area contributed by atoms with Crippen molar-refractivity contribution >= 4 is 27.6 Å². The number of anilines is 1. The molecule has 1 heterocycles. The first-order chi connectivity index (χ1) is 15.8. The highest BCUT2D eigenvalue weighted by atomic mass is 32.2. The maximum absolute atomic E-state index is 13.2. The molecule has 3 rings (SSSR count). The van der Waals surface area contributed by atoms with Gasteiger partial charge in [-0.05, 0) is 62.6 Å². The van der Waals surface area contributed by atoms with Crippen molar-refractivity contribution in [3.63, 3.8) is 0 Å². The predicted octanol–water partition coefficient (Wildman–Crippen LogP) is 4.00. The van der Waals surface area contributed by atoms with Crippen molar-refractivity contribution in [3.05, 3.63) is 53.1 Å². The minimum absolute atomic E-state index is 0.0485. The van der Waals surface area contributed by atoms with E-state index in [1.807, 2.05) is 0 Å². The number of nitrogens with zero attached hydrogens (tertiary/aromatic N) is 1. The molecule has 1 saturated heterocycles. The third kappa shape index (κ3) is 5.72. The van der Waals surface area contributed by atoms with Gasteiger partial charge in [0.05, 0.1) is 29.7 Å². The van der Waals surface area contributed by atoms with E-state index < -0.39 is 21.9 Å². The average Bonchev–Trinajstić information content (AvgIpc) is 3.10. The van der Waals surface area contributed by atoms with Gasteiger partial charge in [0.15, 0.2) is 0 Å². The topological polar surface area (TPSA) is 102 Å². The summed E-state index contributed by atoms with van der Waals surface area (Å²) in [5.41, 5.74) is 1.56. The first kappa shape index (κ1) is 24.7. The Kier molecular flexibility index (Phi) is 8.10. The van der Waals surface area contributed by atoms with Crippen LogP contribution in [0, 0.1) is 6.92 Å². The summed E-state index contributed by atoms with van der Waals surface area (Å²) in [6.07, 6.45) is 3.65. The quantitative estimate of drug-likeness (QED) is 0.609. The summed E-state index contributed by atoms with van der Waals surface area (Å²) >= 11 is 0. The second kappa shape index (κ2) is 10.8. The van der Waals surface area contributed by atoms with E-state index in [2.05, 4.69) is 5.32 Å². The van der Waals surface area contributed by atoms with Gasteiger partial charge in [-0.15, -0.1) is 0 Å². The number of carbonyl (C=O) groups excluding carboxylic acids is 2. The molecule has 9 heteroatoms. The molecule has 0 aromatic heterocycles. The molecule has 1 aliphatic rings. The normalized spacial score (nSPS) is 14.9. The summed E-state index contributed by atoms with van der Waals surface area (Å²) in [6.45, 7) is 4.69. The number of aryl methyl sites for hydroxylation is 1. The molecule has 0 atom stereocenters. The predicted molar refractivity (Wildman–Crippen MR) is 125 cm³/mol. The van der Waals surface area contributed by atoms with Gasteiger partial charge in [0.2, 0.25) is 10.0 Å². The van der Waals surface area contributed by atoms with E-state index in [4.69, 9.17) is 9.47 Å². The number of hydrogen-bond donors (Lipinski definition) is 1. The highest BCUT2D eigenvalue weighted by Gasteiger charge is 2.27. The lowest BCUT2D eigenvalue weighted by molar-refractivity contribution is 0.0526. The van der Waals surface area contributed by atoms with Crippen LogP contribution in [0.3, 0.4) is 0 Å². The number of amides is 1. The lowest BCUT2D eigenvalue weighted by atomic mass is 10.1. The third-order valence-electron chi connectivity index (χ3n) is 5.62. The highest BCUT2D eigenvalue weighted by molar-refractivity contribution is 7.89. The van der Waals surface area contributed by atoms with E-state index in [1.54, 1.807) is 26.0 Å². The lowest BCUT2D eigenvalue weighted by Crippen LogP contribution is -2.32. The summed E-state index contributed by atoms with van der Waals surface area (Å²) in [6, 6.07) is 9.16. The van der Waals surface area contributed by atoms with Crippen molar-refractivity contribution in [2.75, 3.05) is 32.1 Å². The average molecular weight is 475 g/mol. The molecule has 0 saturated carbocycles. The zero-order valence-electron chi connectivity index (χ0n) is 19.2. The molecular formula is C24H30N2O6S. The van der Waals surface area contributed by atoms with E-state index in [-0.39, 0.29) is 22.8 Å². The van der Waals surface area contributed by atoms with Gasteiger partial charge >= 0.3 is 5.97 Å². The maximum atomic E-state index is 13.2.